The Balaban J connectivity index is 1.95. The molecule has 2 unspecified atom stereocenters. The third kappa shape index (κ3) is 2.18. The summed E-state index contributed by atoms with van der Waals surface area (Å²) in [6.07, 6.45) is 2.45. The molecule has 1 aromatic heterocycles. The van der Waals surface area contributed by atoms with Crippen molar-refractivity contribution in [1.29, 1.82) is 0 Å². The van der Waals surface area contributed by atoms with Gasteiger partial charge in [0.1, 0.15) is 0 Å². The maximum atomic E-state index is 5.64. The minimum atomic E-state index is 0.418. The zero-order valence-corrected chi connectivity index (χ0v) is 11.5. The lowest BCUT2D eigenvalue weighted by Gasteiger charge is -2.30. The second-order valence-electron chi connectivity index (χ2n) is 4.93. The van der Waals surface area contributed by atoms with E-state index in [4.69, 9.17) is 4.74 Å². The fourth-order valence-corrected chi connectivity index (χ4v) is 3.91. The summed E-state index contributed by atoms with van der Waals surface area (Å²) in [7, 11) is 2.06. The van der Waals surface area contributed by atoms with Crippen molar-refractivity contribution in [3.63, 3.8) is 0 Å². The summed E-state index contributed by atoms with van der Waals surface area (Å²) in [5.41, 5.74) is 1.44. The van der Waals surface area contributed by atoms with Crippen LogP contribution in [0, 0.1) is 5.92 Å². The summed E-state index contributed by atoms with van der Waals surface area (Å²) in [4.78, 5) is 0. The van der Waals surface area contributed by atoms with Gasteiger partial charge < -0.3 is 10.1 Å². The summed E-state index contributed by atoms with van der Waals surface area (Å²) in [6.45, 7) is 1.81. The molecule has 0 spiro atoms. The highest BCUT2D eigenvalue weighted by Crippen LogP contribution is 2.36. The molecule has 2 heterocycles. The van der Waals surface area contributed by atoms with Crippen LogP contribution in [0.3, 0.4) is 0 Å². The Morgan fingerprint density at radius 2 is 2.28 bits per heavy atom. The lowest BCUT2D eigenvalue weighted by Crippen LogP contribution is -2.31. The van der Waals surface area contributed by atoms with Crippen molar-refractivity contribution in [2.24, 2.45) is 5.92 Å². The van der Waals surface area contributed by atoms with Crippen LogP contribution in [0.15, 0.2) is 29.6 Å². The van der Waals surface area contributed by atoms with Crippen LogP contribution in [0.1, 0.15) is 24.4 Å². The van der Waals surface area contributed by atoms with Gasteiger partial charge in [-0.25, -0.2) is 0 Å². The highest BCUT2D eigenvalue weighted by atomic mass is 32.1. The van der Waals surface area contributed by atoms with Gasteiger partial charge in [-0.15, -0.1) is 11.3 Å². The van der Waals surface area contributed by atoms with E-state index in [0.717, 1.165) is 13.2 Å². The van der Waals surface area contributed by atoms with E-state index in [2.05, 4.69) is 42.0 Å². The zero-order valence-electron chi connectivity index (χ0n) is 10.7. The first-order chi connectivity index (χ1) is 8.90. The van der Waals surface area contributed by atoms with Gasteiger partial charge in [-0.2, -0.15) is 0 Å². The van der Waals surface area contributed by atoms with Gasteiger partial charge in [-0.1, -0.05) is 18.2 Å². The van der Waals surface area contributed by atoms with Gasteiger partial charge in [0, 0.05) is 23.3 Å². The molecule has 3 heteroatoms. The number of rotatable bonds is 3. The molecule has 1 fully saturated rings. The molecule has 0 amide bonds. The number of nitrogens with one attached hydrogen (secondary N) is 1. The SMILES string of the molecule is CNC(c1csc2ccccc12)C1CCCOC1. The van der Waals surface area contributed by atoms with Crippen molar-refractivity contribution in [1.82, 2.24) is 5.32 Å². The lowest BCUT2D eigenvalue weighted by molar-refractivity contribution is 0.0404. The van der Waals surface area contributed by atoms with Crippen molar-refractivity contribution in [3.8, 4) is 0 Å². The highest BCUT2D eigenvalue weighted by Gasteiger charge is 2.26. The Morgan fingerprint density at radius 3 is 3.06 bits per heavy atom. The number of ether oxygens (including phenoxy) is 1. The Bertz CT molecular complexity index is 516. The monoisotopic (exact) mass is 261 g/mol. The van der Waals surface area contributed by atoms with Crippen LogP contribution in [0.5, 0.6) is 0 Å². The molecule has 1 aliphatic rings. The van der Waals surface area contributed by atoms with Gasteiger partial charge in [0.05, 0.1) is 6.61 Å². The molecule has 2 atom stereocenters. The number of fused-ring (bicyclic) bond motifs is 1. The van der Waals surface area contributed by atoms with Gasteiger partial charge in [0.25, 0.3) is 0 Å². The van der Waals surface area contributed by atoms with Crippen LogP contribution in [0.25, 0.3) is 10.1 Å². The molecule has 0 bridgehead atoms. The maximum absolute atomic E-state index is 5.64. The smallest absolute Gasteiger partial charge is 0.0512 e. The van der Waals surface area contributed by atoms with Crippen molar-refractivity contribution < 1.29 is 4.74 Å². The second kappa shape index (κ2) is 5.39. The maximum Gasteiger partial charge on any atom is 0.0512 e. The number of thiophene rings is 1. The molecule has 1 saturated heterocycles. The molecule has 1 aromatic carbocycles. The van der Waals surface area contributed by atoms with Crippen LogP contribution in [0.4, 0.5) is 0 Å². The third-order valence-corrected chi connectivity index (χ3v) is 4.81. The molecule has 2 nitrogen and oxygen atoms in total. The topological polar surface area (TPSA) is 21.3 Å². The van der Waals surface area contributed by atoms with Gasteiger partial charge in [-0.05, 0) is 42.3 Å². The number of hydrogen-bond donors (Lipinski definition) is 1. The molecular weight excluding hydrogens is 242 g/mol. The van der Waals surface area contributed by atoms with Gasteiger partial charge in [-0.3, -0.25) is 0 Å². The second-order valence-corrected chi connectivity index (χ2v) is 5.84. The van der Waals surface area contributed by atoms with Crippen LogP contribution in [0.2, 0.25) is 0 Å². The summed E-state index contributed by atoms with van der Waals surface area (Å²) in [6, 6.07) is 9.09. The Morgan fingerprint density at radius 1 is 1.39 bits per heavy atom. The van der Waals surface area contributed by atoms with Crippen molar-refractivity contribution in [2.75, 3.05) is 20.3 Å². The van der Waals surface area contributed by atoms with E-state index in [0.29, 0.717) is 12.0 Å². The highest BCUT2D eigenvalue weighted by molar-refractivity contribution is 7.17. The minimum Gasteiger partial charge on any atom is -0.381 e. The van der Waals surface area contributed by atoms with E-state index < -0.39 is 0 Å². The van der Waals surface area contributed by atoms with E-state index in [1.165, 1.54) is 28.5 Å². The van der Waals surface area contributed by atoms with Gasteiger partial charge in [0.2, 0.25) is 0 Å². The van der Waals surface area contributed by atoms with Crippen LogP contribution in [-0.2, 0) is 4.74 Å². The first-order valence-electron chi connectivity index (χ1n) is 6.61. The summed E-state index contributed by atoms with van der Waals surface area (Å²) >= 11 is 1.84. The fourth-order valence-electron chi connectivity index (χ4n) is 2.91. The van der Waals surface area contributed by atoms with Crippen molar-refractivity contribution >= 4 is 21.4 Å². The molecule has 0 aliphatic carbocycles. The third-order valence-electron chi connectivity index (χ3n) is 3.82. The van der Waals surface area contributed by atoms with E-state index in [1.54, 1.807) is 0 Å². The molecule has 96 valence electrons. The molecular formula is C15H19NOS. The summed E-state index contributed by atoms with van der Waals surface area (Å²) in [5, 5.41) is 7.19. The normalized spacial score (nSPS) is 22.2. The molecule has 1 aliphatic heterocycles. The number of benzene rings is 1. The Hall–Kier alpha value is -0.900. The Kier molecular flexibility index (Phi) is 3.64. The molecule has 18 heavy (non-hydrogen) atoms. The summed E-state index contributed by atoms with van der Waals surface area (Å²) in [5.74, 6) is 0.599. The largest absolute Gasteiger partial charge is 0.381 e. The van der Waals surface area contributed by atoms with Crippen molar-refractivity contribution in [2.45, 2.75) is 18.9 Å². The average Bonchev–Trinajstić information content (AvgIpc) is 2.85. The van der Waals surface area contributed by atoms with Crippen LogP contribution < -0.4 is 5.32 Å². The quantitative estimate of drug-likeness (QED) is 0.911. The number of hydrogen-bond acceptors (Lipinski definition) is 3. The van der Waals surface area contributed by atoms with Crippen LogP contribution in [-0.4, -0.2) is 20.3 Å². The zero-order chi connectivity index (χ0) is 12.4. The predicted molar refractivity (Wildman–Crippen MR) is 77.2 cm³/mol. The van der Waals surface area contributed by atoms with E-state index >= 15 is 0 Å². The first-order valence-corrected chi connectivity index (χ1v) is 7.49. The summed E-state index contributed by atoms with van der Waals surface area (Å²) < 4.78 is 7.02. The fraction of sp³-hybridized carbons (Fsp3) is 0.467. The lowest BCUT2D eigenvalue weighted by atomic mass is 9.88. The predicted octanol–water partition coefficient (Wildman–Crippen LogP) is 3.59. The van der Waals surface area contributed by atoms with Gasteiger partial charge in [0.15, 0.2) is 0 Å². The molecule has 2 aromatic rings. The van der Waals surface area contributed by atoms with Crippen molar-refractivity contribution in [3.05, 3.63) is 35.2 Å². The van der Waals surface area contributed by atoms with Gasteiger partial charge >= 0.3 is 0 Å². The molecule has 3 rings (SSSR count). The Labute approximate surface area is 112 Å². The van der Waals surface area contributed by atoms with Crippen LogP contribution >= 0.6 is 11.3 Å². The standard InChI is InChI=1S/C15H19NOS/c1-16-15(11-5-4-8-17-9-11)13-10-18-14-7-3-2-6-12(13)14/h2-3,6-7,10-11,15-16H,4-5,8-9H2,1H3. The van der Waals surface area contributed by atoms with E-state index in [-0.39, 0.29) is 0 Å². The minimum absolute atomic E-state index is 0.418. The molecule has 1 N–H and O–H groups in total. The molecule has 0 radical (unpaired) electrons. The molecule has 0 saturated carbocycles. The van der Waals surface area contributed by atoms with E-state index in [9.17, 15) is 0 Å². The average molecular weight is 261 g/mol. The first kappa shape index (κ1) is 12.2. The van der Waals surface area contributed by atoms with E-state index in [1.807, 2.05) is 11.3 Å².